The quantitative estimate of drug-likeness (QED) is 0.347. The second-order valence-electron chi connectivity index (χ2n) is 7.08. The van der Waals surface area contributed by atoms with Gasteiger partial charge in [-0.05, 0) is 16.6 Å². The van der Waals surface area contributed by atoms with Crippen molar-refractivity contribution in [3.8, 4) is 0 Å². The Kier molecular flexibility index (Phi) is 7.01. The van der Waals surface area contributed by atoms with Gasteiger partial charge in [-0.25, -0.2) is 13.0 Å². The lowest BCUT2D eigenvalue weighted by Crippen LogP contribution is -2.40. The van der Waals surface area contributed by atoms with Crippen LogP contribution in [0.1, 0.15) is 26.3 Å². The molecule has 0 aliphatic carbocycles. The van der Waals surface area contributed by atoms with E-state index >= 15 is 0 Å². The first-order chi connectivity index (χ1) is 9.97. The number of alkyl halides is 3. The molecule has 0 aromatic carbocycles. The minimum absolute atomic E-state index is 0.477. The van der Waals surface area contributed by atoms with Crippen LogP contribution in [0.4, 0.5) is 13.2 Å². The Bertz CT molecular complexity index is 606. The molecule has 0 unspecified atom stereocenters. The molecule has 0 aliphatic rings. The third kappa shape index (κ3) is 7.45. The van der Waals surface area contributed by atoms with Crippen molar-refractivity contribution in [3.05, 3.63) is 30.1 Å². The zero-order chi connectivity index (χ0) is 18.7. The molecule has 0 atom stereocenters. The van der Waals surface area contributed by atoms with E-state index in [1.54, 1.807) is 0 Å². The molecule has 23 heavy (non-hydrogen) atoms. The maximum absolute atomic E-state index is 10.7. The van der Waals surface area contributed by atoms with Crippen LogP contribution in [0.3, 0.4) is 0 Å². The van der Waals surface area contributed by atoms with Crippen molar-refractivity contribution in [2.45, 2.75) is 50.5 Å². The van der Waals surface area contributed by atoms with Gasteiger partial charge in [0, 0.05) is 12.1 Å². The number of halogens is 3. The van der Waals surface area contributed by atoms with Crippen LogP contribution in [-0.2, 0) is 23.2 Å². The van der Waals surface area contributed by atoms with Gasteiger partial charge in [0.2, 0.25) is 0 Å². The van der Waals surface area contributed by atoms with Crippen LogP contribution >= 0.6 is 0 Å². The van der Waals surface area contributed by atoms with Crippen molar-refractivity contribution >= 4 is 18.2 Å². The minimum Gasteiger partial charge on any atom is -0.741 e. The summed E-state index contributed by atoms with van der Waals surface area (Å²) in [7, 11) is -5.20. The first-order valence-corrected chi connectivity index (χ1v) is 11.6. The molecule has 1 aromatic heterocycles. The van der Waals surface area contributed by atoms with Crippen LogP contribution in [0.15, 0.2) is 24.5 Å². The van der Waals surface area contributed by atoms with Crippen LogP contribution in [0.25, 0.3) is 0 Å². The molecule has 0 saturated heterocycles. The third-order valence-corrected chi connectivity index (χ3v) is 9.93. The van der Waals surface area contributed by atoms with E-state index in [-0.39, 0.29) is 0 Å². The van der Waals surface area contributed by atoms with Gasteiger partial charge in [0.25, 0.3) is 0 Å². The predicted octanol–water partition coefficient (Wildman–Crippen LogP) is 3.15. The molecule has 0 N–H and O–H groups in total. The van der Waals surface area contributed by atoms with Crippen molar-refractivity contribution in [1.82, 2.24) is 0 Å². The number of aromatic nitrogens is 1. The largest absolute Gasteiger partial charge is 0.741 e. The van der Waals surface area contributed by atoms with E-state index in [1.165, 1.54) is 11.6 Å². The monoisotopic (exact) mass is 371 g/mol. The standard InChI is InChI=1S/C13H24NSi.CHF3O3S/c1-13(2,3)15(5,6)11-12-7-9-14(4)10-8-12;2-1(3,4)8(5,6)7/h7-10H,11H2,1-6H3;(H,5,6,7)/q+1;/p-1. The Balaban J connectivity index is 0.000000515. The molecule has 1 aromatic rings. The number of hydrogen-bond acceptors (Lipinski definition) is 3. The summed E-state index contributed by atoms with van der Waals surface area (Å²) in [5.74, 6) is 0. The third-order valence-electron chi connectivity index (χ3n) is 4.01. The average molecular weight is 371 g/mol. The summed E-state index contributed by atoms with van der Waals surface area (Å²) in [6.45, 7) is 12.1. The van der Waals surface area contributed by atoms with Crippen LogP contribution in [0, 0.1) is 0 Å². The number of hydrogen-bond donors (Lipinski definition) is 0. The van der Waals surface area contributed by atoms with Crippen molar-refractivity contribution < 1.29 is 30.7 Å². The summed E-state index contributed by atoms with van der Waals surface area (Å²) < 4.78 is 61.0. The highest BCUT2D eigenvalue weighted by molar-refractivity contribution is 7.86. The fraction of sp³-hybridized carbons (Fsp3) is 0.643. The van der Waals surface area contributed by atoms with Crippen molar-refractivity contribution in [3.63, 3.8) is 0 Å². The Morgan fingerprint density at radius 3 is 1.74 bits per heavy atom. The summed E-state index contributed by atoms with van der Waals surface area (Å²) in [6.07, 6.45) is 4.28. The smallest absolute Gasteiger partial charge is 0.485 e. The van der Waals surface area contributed by atoms with Crippen LogP contribution < -0.4 is 4.57 Å². The minimum atomic E-state index is -6.09. The van der Waals surface area contributed by atoms with Crippen LogP contribution in [-0.4, -0.2) is 26.6 Å². The first kappa shape index (κ1) is 22.1. The second-order valence-corrected chi connectivity index (χ2v) is 14.1. The van der Waals surface area contributed by atoms with E-state index in [0.29, 0.717) is 5.04 Å². The summed E-state index contributed by atoms with van der Waals surface area (Å²) in [6, 6.07) is 5.78. The molecule has 1 heterocycles. The maximum atomic E-state index is 10.7. The normalized spacial score (nSPS) is 13.3. The van der Waals surface area contributed by atoms with Crippen molar-refractivity contribution in [1.29, 1.82) is 0 Å². The molecular formula is C14H24F3NO3SSi. The molecule has 0 fully saturated rings. The Morgan fingerprint density at radius 2 is 1.48 bits per heavy atom. The number of nitrogens with zero attached hydrogens (tertiary/aromatic N) is 1. The Morgan fingerprint density at radius 1 is 1.13 bits per heavy atom. The summed E-state index contributed by atoms with van der Waals surface area (Å²) in [4.78, 5) is 0. The van der Waals surface area contributed by atoms with E-state index in [1.807, 2.05) is 0 Å². The highest BCUT2D eigenvalue weighted by atomic mass is 32.2. The lowest BCUT2D eigenvalue weighted by Gasteiger charge is -2.37. The van der Waals surface area contributed by atoms with E-state index in [4.69, 9.17) is 13.0 Å². The van der Waals surface area contributed by atoms with E-state index in [9.17, 15) is 13.2 Å². The second kappa shape index (κ2) is 7.31. The molecule has 0 radical (unpaired) electrons. The molecule has 0 bridgehead atoms. The van der Waals surface area contributed by atoms with Gasteiger partial charge in [-0.15, -0.1) is 0 Å². The topological polar surface area (TPSA) is 61.1 Å². The number of rotatable bonds is 2. The van der Waals surface area contributed by atoms with Gasteiger partial charge in [-0.2, -0.15) is 13.2 Å². The highest BCUT2D eigenvalue weighted by Gasteiger charge is 2.37. The SMILES string of the molecule is C[n+]1ccc(C[Si](C)(C)C(C)(C)C)cc1.O=S(=O)([O-])C(F)(F)F. The van der Waals surface area contributed by atoms with Crippen molar-refractivity contribution in [2.75, 3.05) is 0 Å². The summed E-state index contributed by atoms with van der Waals surface area (Å²) in [5.41, 5.74) is -4.16. The van der Waals surface area contributed by atoms with Crippen molar-refractivity contribution in [2.24, 2.45) is 7.05 Å². The fourth-order valence-electron chi connectivity index (χ4n) is 1.43. The number of pyridine rings is 1. The average Bonchev–Trinajstić information content (AvgIpc) is 2.28. The van der Waals surface area contributed by atoms with Crippen LogP contribution in [0.2, 0.25) is 18.1 Å². The molecule has 4 nitrogen and oxygen atoms in total. The lowest BCUT2D eigenvalue weighted by molar-refractivity contribution is -0.671. The zero-order valence-corrected chi connectivity index (χ0v) is 16.0. The van der Waals surface area contributed by atoms with Gasteiger partial charge in [0.15, 0.2) is 22.5 Å². The molecule has 0 amide bonds. The van der Waals surface area contributed by atoms with Gasteiger partial charge in [-0.3, -0.25) is 0 Å². The van der Waals surface area contributed by atoms with E-state index < -0.39 is 23.7 Å². The summed E-state index contributed by atoms with van der Waals surface area (Å²) in [5, 5.41) is 0.477. The van der Waals surface area contributed by atoms with E-state index in [2.05, 4.69) is 70.0 Å². The highest BCUT2D eigenvalue weighted by Crippen LogP contribution is 2.37. The van der Waals surface area contributed by atoms with Gasteiger partial charge in [0.1, 0.15) is 7.05 Å². The molecule has 9 heteroatoms. The van der Waals surface area contributed by atoms with Gasteiger partial charge < -0.3 is 4.55 Å². The fourth-order valence-corrected chi connectivity index (χ4v) is 3.21. The molecule has 0 saturated carbocycles. The van der Waals surface area contributed by atoms with E-state index in [0.717, 1.165) is 0 Å². The molecule has 134 valence electrons. The molecule has 0 aliphatic heterocycles. The molecular weight excluding hydrogens is 347 g/mol. The predicted molar refractivity (Wildman–Crippen MR) is 84.3 cm³/mol. The van der Waals surface area contributed by atoms with Gasteiger partial charge >= 0.3 is 5.51 Å². The zero-order valence-electron chi connectivity index (χ0n) is 14.2. The molecule has 0 spiro atoms. The number of aryl methyl sites for hydroxylation is 1. The Hall–Kier alpha value is -0.933. The first-order valence-electron chi connectivity index (χ1n) is 6.94. The molecule has 1 rings (SSSR count). The van der Waals surface area contributed by atoms with Crippen LogP contribution in [0.5, 0.6) is 0 Å². The Labute approximate surface area is 137 Å². The lowest BCUT2D eigenvalue weighted by atomic mass is 10.2. The summed E-state index contributed by atoms with van der Waals surface area (Å²) >= 11 is 0. The maximum Gasteiger partial charge on any atom is 0.485 e. The van der Waals surface area contributed by atoms with Gasteiger partial charge in [-0.1, -0.05) is 33.9 Å². The van der Waals surface area contributed by atoms with Gasteiger partial charge in [0.05, 0.1) is 8.07 Å².